The maximum atomic E-state index is 10.9. The number of likely N-dealkylation sites (N-methyl/N-ethyl adjacent to an activating group) is 1. The van der Waals surface area contributed by atoms with Gasteiger partial charge in [-0.1, -0.05) is 6.92 Å². The van der Waals surface area contributed by atoms with Crippen molar-refractivity contribution in [1.29, 1.82) is 0 Å². The summed E-state index contributed by atoms with van der Waals surface area (Å²) in [5.41, 5.74) is 5.16. The molecule has 3 N–H and O–H groups in total. The molecule has 0 atom stereocenters. The molecule has 0 fully saturated rings. The van der Waals surface area contributed by atoms with Crippen LogP contribution in [-0.4, -0.2) is 40.5 Å². The highest BCUT2D eigenvalue weighted by molar-refractivity contribution is 6.28. The monoisotopic (exact) mass is 272 g/mol. The summed E-state index contributed by atoms with van der Waals surface area (Å²) in [6.07, 6.45) is 0.942. The van der Waals surface area contributed by atoms with Crippen molar-refractivity contribution < 1.29 is 4.79 Å². The molecule has 0 aromatic carbocycles. The van der Waals surface area contributed by atoms with Gasteiger partial charge < -0.3 is 16.0 Å². The molecule has 0 unspecified atom stereocenters. The van der Waals surface area contributed by atoms with Crippen molar-refractivity contribution in [2.24, 2.45) is 5.73 Å². The Morgan fingerprint density at radius 2 is 2.11 bits per heavy atom. The standard InChI is InChI=1S/C10H17ClN6O/c1-3-5-13-9-14-8(11)15-10(16-9)17(4-2)6-7(12)18/h3-6H2,1-2H3,(H2,12,18)(H,13,14,15,16). The van der Waals surface area contributed by atoms with Crippen LogP contribution in [0, 0.1) is 0 Å². The number of nitrogens with one attached hydrogen (secondary N) is 1. The number of nitrogens with two attached hydrogens (primary N) is 1. The van der Waals surface area contributed by atoms with Crippen molar-refractivity contribution in [2.75, 3.05) is 29.9 Å². The lowest BCUT2D eigenvalue weighted by molar-refractivity contribution is -0.116. The van der Waals surface area contributed by atoms with E-state index in [0.717, 1.165) is 13.0 Å². The van der Waals surface area contributed by atoms with Gasteiger partial charge in [0, 0.05) is 13.1 Å². The Balaban J connectivity index is 2.91. The van der Waals surface area contributed by atoms with E-state index < -0.39 is 5.91 Å². The van der Waals surface area contributed by atoms with Crippen molar-refractivity contribution >= 4 is 29.4 Å². The Labute approximate surface area is 111 Å². The SMILES string of the molecule is CCCNc1nc(Cl)nc(N(CC)CC(N)=O)n1. The Morgan fingerprint density at radius 1 is 1.39 bits per heavy atom. The van der Waals surface area contributed by atoms with E-state index in [0.29, 0.717) is 18.4 Å². The van der Waals surface area contributed by atoms with Crippen LogP contribution in [0.15, 0.2) is 0 Å². The van der Waals surface area contributed by atoms with Crippen LogP contribution in [0.25, 0.3) is 0 Å². The number of rotatable bonds is 7. The van der Waals surface area contributed by atoms with E-state index in [-0.39, 0.29) is 11.8 Å². The normalized spacial score (nSPS) is 10.2. The highest BCUT2D eigenvalue weighted by Crippen LogP contribution is 2.13. The van der Waals surface area contributed by atoms with E-state index in [1.54, 1.807) is 4.90 Å². The van der Waals surface area contributed by atoms with Gasteiger partial charge in [-0.05, 0) is 24.9 Å². The summed E-state index contributed by atoms with van der Waals surface area (Å²) in [5.74, 6) is 0.293. The second-order valence-electron chi connectivity index (χ2n) is 3.64. The summed E-state index contributed by atoms with van der Waals surface area (Å²) in [7, 11) is 0. The highest BCUT2D eigenvalue weighted by atomic mass is 35.5. The largest absolute Gasteiger partial charge is 0.368 e. The number of anilines is 2. The maximum Gasteiger partial charge on any atom is 0.237 e. The number of hydrogen-bond donors (Lipinski definition) is 2. The van der Waals surface area contributed by atoms with Gasteiger partial charge >= 0.3 is 0 Å². The van der Waals surface area contributed by atoms with Crippen molar-refractivity contribution in [3.8, 4) is 0 Å². The van der Waals surface area contributed by atoms with Crippen LogP contribution in [0.4, 0.5) is 11.9 Å². The molecule has 0 saturated heterocycles. The fourth-order valence-corrected chi connectivity index (χ4v) is 1.46. The number of primary amides is 1. The summed E-state index contributed by atoms with van der Waals surface area (Å²) in [4.78, 5) is 24.7. The molecule has 0 aliphatic rings. The van der Waals surface area contributed by atoms with Crippen LogP contribution in [0.1, 0.15) is 20.3 Å². The number of halogens is 1. The fraction of sp³-hybridized carbons (Fsp3) is 0.600. The second kappa shape index (κ2) is 6.95. The van der Waals surface area contributed by atoms with E-state index in [2.05, 4.69) is 20.3 Å². The lowest BCUT2D eigenvalue weighted by Gasteiger charge is -2.19. The first-order chi connectivity index (χ1) is 8.56. The van der Waals surface area contributed by atoms with Crippen molar-refractivity contribution in [3.05, 3.63) is 5.28 Å². The van der Waals surface area contributed by atoms with E-state index >= 15 is 0 Å². The smallest absolute Gasteiger partial charge is 0.237 e. The minimum absolute atomic E-state index is 0.0457. The van der Waals surface area contributed by atoms with E-state index in [1.807, 2.05) is 13.8 Å². The quantitative estimate of drug-likeness (QED) is 0.757. The lowest BCUT2D eigenvalue weighted by atomic mass is 10.5. The minimum Gasteiger partial charge on any atom is -0.368 e. The zero-order chi connectivity index (χ0) is 13.5. The van der Waals surface area contributed by atoms with Crippen LogP contribution in [0.3, 0.4) is 0 Å². The molecule has 1 heterocycles. The molecule has 1 rings (SSSR count). The summed E-state index contributed by atoms with van der Waals surface area (Å²) >= 11 is 5.82. The third kappa shape index (κ3) is 4.33. The summed E-state index contributed by atoms with van der Waals surface area (Å²) in [6, 6.07) is 0. The first-order valence-corrected chi connectivity index (χ1v) is 6.13. The molecule has 1 amide bonds. The van der Waals surface area contributed by atoms with Gasteiger partial charge in [-0.25, -0.2) is 0 Å². The molecular weight excluding hydrogens is 256 g/mol. The fourth-order valence-electron chi connectivity index (χ4n) is 1.31. The first-order valence-electron chi connectivity index (χ1n) is 5.75. The predicted molar refractivity (Wildman–Crippen MR) is 70.7 cm³/mol. The molecule has 7 nitrogen and oxygen atoms in total. The molecule has 1 aromatic heterocycles. The number of carbonyl (C=O) groups is 1. The van der Waals surface area contributed by atoms with Gasteiger partial charge in [-0.15, -0.1) is 0 Å². The van der Waals surface area contributed by atoms with Crippen LogP contribution in [0.2, 0.25) is 5.28 Å². The Hall–Kier alpha value is -1.63. The topological polar surface area (TPSA) is 97.0 Å². The average molecular weight is 273 g/mol. The maximum absolute atomic E-state index is 10.9. The minimum atomic E-state index is -0.448. The lowest BCUT2D eigenvalue weighted by Crippen LogP contribution is -2.35. The molecule has 0 aliphatic heterocycles. The molecule has 0 saturated carbocycles. The molecule has 0 radical (unpaired) electrons. The third-order valence-electron chi connectivity index (χ3n) is 2.14. The molecular formula is C10H17ClN6O. The zero-order valence-corrected chi connectivity index (χ0v) is 11.2. The van der Waals surface area contributed by atoms with Gasteiger partial charge in [0.1, 0.15) is 0 Å². The highest BCUT2D eigenvalue weighted by Gasteiger charge is 2.13. The van der Waals surface area contributed by atoms with Crippen LogP contribution in [-0.2, 0) is 4.79 Å². The van der Waals surface area contributed by atoms with Crippen molar-refractivity contribution in [2.45, 2.75) is 20.3 Å². The van der Waals surface area contributed by atoms with Gasteiger partial charge in [0.15, 0.2) is 0 Å². The van der Waals surface area contributed by atoms with Gasteiger partial charge in [-0.3, -0.25) is 4.79 Å². The van der Waals surface area contributed by atoms with E-state index in [4.69, 9.17) is 17.3 Å². The average Bonchev–Trinajstić information content (AvgIpc) is 2.32. The van der Waals surface area contributed by atoms with Crippen LogP contribution in [0.5, 0.6) is 0 Å². The first kappa shape index (κ1) is 14.4. The molecule has 0 spiro atoms. The molecule has 0 aliphatic carbocycles. The molecule has 100 valence electrons. The Bertz CT molecular complexity index is 413. The molecule has 18 heavy (non-hydrogen) atoms. The number of hydrogen-bond acceptors (Lipinski definition) is 6. The van der Waals surface area contributed by atoms with E-state index in [1.165, 1.54) is 0 Å². The number of nitrogens with zero attached hydrogens (tertiary/aromatic N) is 4. The molecule has 8 heteroatoms. The van der Waals surface area contributed by atoms with Crippen molar-refractivity contribution in [3.63, 3.8) is 0 Å². The molecule has 1 aromatic rings. The van der Waals surface area contributed by atoms with Crippen LogP contribution < -0.4 is 16.0 Å². The number of amides is 1. The summed E-state index contributed by atoms with van der Waals surface area (Å²) in [6.45, 7) is 5.24. The zero-order valence-electron chi connectivity index (χ0n) is 10.5. The summed E-state index contributed by atoms with van der Waals surface area (Å²) in [5, 5.41) is 3.10. The molecule has 0 bridgehead atoms. The third-order valence-corrected chi connectivity index (χ3v) is 2.31. The predicted octanol–water partition coefficient (Wildman–Crippen LogP) is 0.658. The summed E-state index contributed by atoms with van der Waals surface area (Å²) < 4.78 is 0. The van der Waals surface area contributed by atoms with Gasteiger partial charge in [-0.2, -0.15) is 15.0 Å². The Morgan fingerprint density at radius 3 is 2.67 bits per heavy atom. The van der Waals surface area contributed by atoms with Crippen LogP contribution >= 0.6 is 11.6 Å². The van der Waals surface area contributed by atoms with Gasteiger partial charge in [0.2, 0.25) is 23.1 Å². The van der Waals surface area contributed by atoms with E-state index in [9.17, 15) is 4.79 Å². The second-order valence-corrected chi connectivity index (χ2v) is 3.97. The number of carbonyl (C=O) groups excluding carboxylic acids is 1. The van der Waals surface area contributed by atoms with Gasteiger partial charge in [0.25, 0.3) is 0 Å². The van der Waals surface area contributed by atoms with Gasteiger partial charge in [0.05, 0.1) is 6.54 Å². The Kier molecular flexibility index (Phi) is 5.57. The van der Waals surface area contributed by atoms with Crippen molar-refractivity contribution in [1.82, 2.24) is 15.0 Å². The number of aromatic nitrogens is 3.